The second-order valence-corrected chi connectivity index (χ2v) is 10.7. The van der Waals surface area contributed by atoms with Gasteiger partial charge in [-0.15, -0.1) is 0 Å². The van der Waals surface area contributed by atoms with Gasteiger partial charge in [0, 0.05) is 12.1 Å². The average Bonchev–Trinajstić information content (AvgIpc) is 3.39. The Morgan fingerprint density at radius 3 is 2.63 bits per heavy atom. The second-order valence-electron chi connectivity index (χ2n) is 10.3. The quantitative estimate of drug-likeness (QED) is 0.385. The van der Waals surface area contributed by atoms with Gasteiger partial charge in [0.05, 0.1) is 23.2 Å². The molecule has 4 N–H and O–H groups in total. The number of esters is 1. The highest BCUT2D eigenvalue weighted by atomic mass is 35.5. The second kappa shape index (κ2) is 10.8. The van der Waals surface area contributed by atoms with Crippen LogP contribution in [-0.4, -0.2) is 59.4 Å². The lowest BCUT2D eigenvalue weighted by Crippen LogP contribution is -2.58. The summed E-state index contributed by atoms with van der Waals surface area (Å²) in [5.41, 5.74) is 5.76. The number of nitrogens with one attached hydrogen (secondary N) is 2. The standard InChI is InChI=1S/C25H35ClN4O5/c1-5-7-19-17(13-20(31)35-19)28-23(33)18-8-6-11-30(18)24(34)21(25(2,3)4)29-22(32)14-9-10-16(27)15(26)12-14/h9-10,12,17-19,21H,5-8,11,13,27H2,1-4H3,(H,28,33)(H,29,32). The van der Waals surface area contributed by atoms with Crippen LogP contribution >= 0.6 is 11.6 Å². The smallest absolute Gasteiger partial charge is 0.308 e. The lowest BCUT2D eigenvalue weighted by atomic mass is 9.85. The van der Waals surface area contributed by atoms with E-state index in [1.54, 1.807) is 6.07 Å². The zero-order valence-electron chi connectivity index (χ0n) is 20.7. The Kier molecular flexibility index (Phi) is 8.30. The Hall–Kier alpha value is -2.81. The van der Waals surface area contributed by atoms with Gasteiger partial charge in [-0.05, 0) is 42.9 Å². The largest absolute Gasteiger partial charge is 0.460 e. The van der Waals surface area contributed by atoms with Crippen molar-refractivity contribution in [3.63, 3.8) is 0 Å². The fourth-order valence-corrected chi connectivity index (χ4v) is 4.76. The molecule has 4 atom stereocenters. The number of likely N-dealkylation sites (tertiary alicyclic amines) is 1. The van der Waals surface area contributed by atoms with Crippen molar-refractivity contribution in [3.8, 4) is 0 Å². The summed E-state index contributed by atoms with van der Waals surface area (Å²) in [6.45, 7) is 7.96. The Labute approximate surface area is 211 Å². The summed E-state index contributed by atoms with van der Waals surface area (Å²) in [7, 11) is 0. The molecule has 0 aromatic heterocycles. The van der Waals surface area contributed by atoms with Crippen molar-refractivity contribution < 1.29 is 23.9 Å². The third-order valence-corrected chi connectivity index (χ3v) is 6.84. The molecule has 35 heavy (non-hydrogen) atoms. The van der Waals surface area contributed by atoms with Gasteiger partial charge in [-0.1, -0.05) is 45.7 Å². The summed E-state index contributed by atoms with van der Waals surface area (Å²) in [5, 5.41) is 6.02. The summed E-state index contributed by atoms with van der Waals surface area (Å²) >= 11 is 6.06. The molecule has 3 rings (SSSR count). The lowest BCUT2D eigenvalue weighted by Gasteiger charge is -2.35. The van der Waals surface area contributed by atoms with E-state index in [0.29, 0.717) is 31.5 Å². The maximum Gasteiger partial charge on any atom is 0.308 e. The zero-order chi connectivity index (χ0) is 25.9. The van der Waals surface area contributed by atoms with Crippen LogP contribution in [0.1, 0.15) is 70.2 Å². The molecule has 2 saturated heterocycles. The van der Waals surface area contributed by atoms with Crippen molar-refractivity contribution in [2.75, 3.05) is 12.3 Å². The number of carbonyl (C=O) groups excluding carboxylic acids is 4. The number of nitrogens with two attached hydrogens (primary N) is 1. The number of hydrogen-bond donors (Lipinski definition) is 3. The van der Waals surface area contributed by atoms with E-state index in [0.717, 1.165) is 6.42 Å². The molecule has 0 aliphatic carbocycles. The average molecular weight is 507 g/mol. The summed E-state index contributed by atoms with van der Waals surface area (Å²) < 4.78 is 5.34. The Bertz CT molecular complexity index is 993. The number of halogens is 1. The van der Waals surface area contributed by atoms with Crippen LogP contribution in [0.15, 0.2) is 18.2 Å². The van der Waals surface area contributed by atoms with Crippen molar-refractivity contribution in [1.82, 2.24) is 15.5 Å². The molecule has 1 aromatic carbocycles. The molecule has 10 heteroatoms. The Morgan fingerprint density at radius 2 is 2.00 bits per heavy atom. The molecule has 0 spiro atoms. The number of ether oxygens (including phenoxy) is 1. The highest BCUT2D eigenvalue weighted by Crippen LogP contribution is 2.28. The molecule has 1 aromatic rings. The molecule has 0 bridgehead atoms. The van der Waals surface area contributed by atoms with Gasteiger partial charge in [0.15, 0.2) is 0 Å². The molecule has 0 saturated carbocycles. The predicted molar refractivity (Wildman–Crippen MR) is 133 cm³/mol. The predicted octanol–water partition coefficient (Wildman–Crippen LogP) is 2.66. The highest BCUT2D eigenvalue weighted by molar-refractivity contribution is 6.33. The molecular weight excluding hydrogens is 472 g/mol. The summed E-state index contributed by atoms with van der Waals surface area (Å²) in [6.07, 6.45) is 2.44. The number of hydrogen-bond acceptors (Lipinski definition) is 6. The van der Waals surface area contributed by atoms with E-state index in [2.05, 4.69) is 10.6 Å². The molecule has 0 radical (unpaired) electrons. The number of anilines is 1. The summed E-state index contributed by atoms with van der Waals surface area (Å²) in [4.78, 5) is 53.1. The first-order chi connectivity index (χ1) is 16.4. The molecule has 2 heterocycles. The van der Waals surface area contributed by atoms with Crippen LogP contribution in [-0.2, 0) is 19.1 Å². The zero-order valence-corrected chi connectivity index (χ0v) is 21.5. The number of nitrogen functional groups attached to an aromatic ring is 1. The van der Waals surface area contributed by atoms with Crippen LogP contribution in [0.3, 0.4) is 0 Å². The summed E-state index contributed by atoms with van der Waals surface area (Å²) in [6, 6.07) is 2.60. The van der Waals surface area contributed by atoms with Gasteiger partial charge >= 0.3 is 5.97 Å². The van der Waals surface area contributed by atoms with Crippen molar-refractivity contribution in [2.24, 2.45) is 5.41 Å². The van der Waals surface area contributed by atoms with Crippen LogP contribution in [0.5, 0.6) is 0 Å². The van der Waals surface area contributed by atoms with Gasteiger partial charge in [0.1, 0.15) is 18.2 Å². The minimum absolute atomic E-state index is 0.127. The van der Waals surface area contributed by atoms with E-state index in [-0.39, 0.29) is 40.9 Å². The molecule has 3 amide bonds. The van der Waals surface area contributed by atoms with Crippen LogP contribution in [0.25, 0.3) is 0 Å². The van der Waals surface area contributed by atoms with Crippen LogP contribution in [0.2, 0.25) is 5.02 Å². The van der Waals surface area contributed by atoms with E-state index in [9.17, 15) is 19.2 Å². The van der Waals surface area contributed by atoms with Gasteiger partial charge in [0.25, 0.3) is 5.91 Å². The summed E-state index contributed by atoms with van der Waals surface area (Å²) in [5.74, 6) is -1.41. The SMILES string of the molecule is CCCC1OC(=O)CC1NC(=O)C1CCCN1C(=O)C(NC(=O)c1ccc(N)c(Cl)c1)C(C)(C)C. The van der Waals surface area contributed by atoms with Gasteiger partial charge in [0.2, 0.25) is 11.8 Å². The maximum atomic E-state index is 13.7. The monoisotopic (exact) mass is 506 g/mol. The Morgan fingerprint density at radius 1 is 1.29 bits per heavy atom. The van der Waals surface area contributed by atoms with Gasteiger partial charge < -0.3 is 26.0 Å². The van der Waals surface area contributed by atoms with Crippen LogP contribution in [0, 0.1) is 5.41 Å². The number of rotatable bonds is 7. The third-order valence-electron chi connectivity index (χ3n) is 6.51. The number of amides is 3. The molecule has 9 nitrogen and oxygen atoms in total. The van der Waals surface area contributed by atoms with E-state index in [1.807, 2.05) is 27.7 Å². The minimum Gasteiger partial charge on any atom is -0.460 e. The number of nitrogens with zero attached hydrogens (tertiary/aromatic N) is 1. The van der Waals surface area contributed by atoms with Gasteiger partial charge in [-0.25, -0.2) is 0 Å². The molecule has 4 unspecified atom stereocenters. The normalized spacial score (nSPS) is 23.1. The van der Waals surface area contributed by atoms with E-state index in [4.69, 9.17) is 22.1 Å². The van der Waals surface area contributed by atoms with E-state index in [1.165, 1.54) is 17.0 Å². The fraction of sp³-hybridized carbons (Fsp3) is 0.600. The lowest BCUT2D eigenvalue weighted by molar-refractivity contribution is -0.142. The fourth-order valence-electron chi connectivity index (χ4n) is 4.58. The third kappa shape index (κ3) is 6.25. The van der Waals surface area contributed by atoms with Gasteiger partial charge in [-0.2, -0.15) is 0 Å². The number of carbonyl (C=O) groups is 4. The number of benzene rings is 1. The molecule has 2 fully saturated rings. The van der Waals surface area contributed by atoms with E-state index >= 15 is 0 Å². The van der Waals surface area contributed by atoms with E-state index < -0.39 is 29.4 Å². The molecule has 192 valence electrons. The first-order valence-electron chi connectivity index (χ1n) is 12.1. The highest BCUT2D eigenvalue weighted by Gasteiger charge is 2.43. The first kappa shape index (κ1) is 26.8. The van der Waals surface area contributed by atoms with Crippen LogP contribution in [0.4, 0.5) is 5.69 Å². The van der Waals surface area contributed by atoms with Gasteiger partial charge in [-0.3, -0.25) is 19.2 Å². The first-order valence-corrected chi connectivity index (χ1v) is 12.5. The topological polar surface area (TPSA) is 131 Å². The maximum absolute atomic E-state index is 13.7. The van der Waals surface area contributed by atoms with Crippen molar-refractivity contribution in [3.05, 3.63) is 28.8 Å². The van der Waals surface area contributed by atoms with Crippen LogP contribution < -0.4 is 16.4 Å². The van der Waals surface area contributed by atoms with Crippen molar-refractivity contribution in [1.29, 1.82) is 0 Å². The molecule has 2 aliphatic rings. The molecule has 2 aliphatic heterocycles. The van der Waals surface area contributed by atoms with Crippen molar-refractivity contribution in [2.45, 2.75) is 84.0 Å². The number of cyclic esters (lactones) is 1. The molecular formula is C25H35ClN4O5. The Balaban J connectivity index is 1.74. The van der Waals surface area contributed by atoms with Crippen molar-refractivity contribution >= 4 is 41.0 Å². The minimum atomic E-state index is -0.871.